The number of alkyl halides is 6. The monoisotopic (exact) mass is 2760 g/mol. The second-order valence-corrected chi connectivity index (χ2v) is 32.5. The first-order chi connectivity index (χ1) is 66.0. The molecular formula is C110H85DyF10N14O4Pt3Tb-. The van der Waals surface area contributed by atoms with Crippen LogP contribution in [0, 0.1) is 137 Å². The van der Waals surface area contributed by atoms with Gasteiger partial charge in [0.1, 0.15) is 5.76 Å². The van der Waals surface area contributed by atoms with Crippen LogP contribution in [0.15, 0.2) is 346 Å². The number of benzene rings is 7. The van der Waals surface area contributed by atoms with E-state index in [0.29, 0.717) is 40.1 Å². The van der Waals surface area contributed by atoms with Crippen molar-refractivity contribution in [3.8, 4) is 56.7 Å². The molecule has 0 amide bonds. The molecule has 18 nitrogen and oxygen atoms in total. The van der Waals surface area contributed by atoms with Crippen LogP contribution in [0.3, 0.4) is 0 Å². The molecule has 1 radical (unpaired) electrons. The molecule has 19 rings (SSSR count). The summed E-state index contributed by atoms with van der Waals surface area (Å²) >= 11 is 0. The minimum absolute atomic E-state index is 0. The van der Waals surface area contributed by atoms with Crippen molar-refractivity contribution in [2.45, 2.75) is 90.9 Å². The van der Waals surface area contributed by atoms with Gasteiger partial charge in [0.15, 0.2) is 11.6 Å². The molecule has 0 aliphatic carbocycles. The number of aliphatic hydroxyl groups excluding tert-OH is 2. The summed E-state index contributed by atoms with van der Waals surface area (Å²) in [6.07, 6.45) is 3.84. The molecular weight excluding hydrogens is 2680 g/mol. The first-order valence-electron chi connectivity index (χ1n) is 42.7. The van der Waals surface area contributed by atoms with E-state index in [9.17, 15) is 58.6 Å². The van der Waals surface area contributed by atoms with Crippen molar-refractivity contribution in [3.05, 3.63) is 451 Å². The molecule has 2 N–H and O–H groups in total. The second kappa shape index (κ2) is 52.9. The van der Waals surface area contributed by atoms with Crippen LogP contribution in [0.2, 0.25) is 0 Å². The smallest absolute Gasteiger partial charge is 0.512 e. The van der Waals surface area contributed by atoms with Gasteiger partial charge in [0.25, 0.3) is 5.78 Å². The molecule has 12 aromatic heterocycles. The molecule has 33 heteroatoms. The van der Waals surface area contributed by atoms with E-state index in [1.807, 2.05) is 144 Å². The van der Waals surface area contributed by atoms with Crippen LogP contribution >= 0.6 is 0 Å². The third kappa shape index (κ3) is 31.0. The van der Waals surface area contributed by atoms with Crippen LogP contribution in [-0.4, -0.2) is 97.4 Å². The number of allylic oxidation sites excluding steroid dienone is 3. The molecule has 0 spiro atoms. The van der Waals surface area contributed by atoms with E-state index in [4.69, 9.17) is 20.1 Å². The van der Waals surface area contributed by atoms with Crippen molar-refractivity contribution < 1.29 is 204 Å². The molecule has 0 unspecified atom stereocenters. The average Bonchev–Trinajstić information content (AvgIpc) is 1.73. The summed E-state index contributed by atoms with van der Waals surface area (Å²) in [5, 5.41) is 30.2. The molecule has 7 aromatic carbocycles. The van der Waals surface area contributed by atoms with Crippen molar-refractivity contribution in [3.63, 3.8) is 0 Å². The summed E-state index contributed by atoms with van der Waals surface area (Å²) in [7, 11) is 0. The van der Waals surface area contributed by atoms with E-state index in [2.05, 4.69) is 162 Å². The molecule has 0 bridgehead atoms. The number of ketones is 2. The Bertz CT molecular complexity index is 7180. The topological polar surface area (TPSA) is 239 Å². The number of carbonyl (C=O) groups excluding carboxylic acids is 2. The average molecular weight is 2760 g/mol. The standard InChI is InChI=1S/C25H16F4N2.C25H20N2.C21H18F3N6.2C12H8N2.C10H7F3O2.C5H8O2.Dy.3Pt.Tb/c1-25(2,23-7-3-5-21(30-23)17-11-9-15(26)13-19(17)28)24-8-4-6-22(31-24)18-12-10-16(27)14-20(18)29;1-25(2,23-17-9-15-21(26-23)19-11-5-3-6-12-19)24-18-10-16-22(27-24)20-13-7-4-8-14-20;1-14-10-11-29(28-14)18-8-4-6-16(26-18)20(2,3)17-7-5-9-19(27-17)30-13-15(12-25-30)21(22,23)24;2*1-3-9-5-6-10-4-2-8-14-12(10)11(9)13-7-1;11-10(12,13)9(15)6-8(14)7-4-2-1-3-5-7;1-4(6)3-5(2)7;;;;;/h3-10,13-14H,1-2H3;3-11,13,15-18H,1-2H3;4-10,12-13H,1-3H3;2*1-8H;1-6,14H;3,6H,1-2H3;;;;;/q2*-2;-1;;;;;;;2*+2;. The second-order valence-electron chi connectivity index (χ2n) is 32.5. The van der Waals surface area contributed by atoms with Gasteiger partial charge in [-0.15, -0.1) is 102 Å². The number of pyridine rings is 10. The maximum atomic E-state index is 14.2. The molecule has 0 atom stereocenters. The first kappa shape index (κ1) is 116. The Balaban J connectivity index is 0.000000211. The van der Waals surface area contributed by atoms with Gasteiger partial charge < -0.3 is 34.8 Å². The van der Waals surface area contributed by atoms with Crippen LogP contribution in [0.1, 0.15) is 106 Å². The van der Waals surface area contributed by atoms with Gasteiger partial charge in [-0.1, -0.05) is 182 Å². The van der Waals surface area contributed by atoms with Crippen LogP contribution in [0.5, 0.6) is 0 Å². The fourth-order valence-electron chi connectivity index (χ4n) is 13.9. The molecule has 0 aliphatic heterocycles. The van der Waals surface area contributed by atoms with Crippen molar-refractivity contribution in [2.24, 2.45) is 0 Å². The molecule has 19 aromatic rings. The number of rotatable bonds is 15. The summed E-state index contributed by atoms with van der Waals surface area (Å²) in [4.78, 5) is 66.1. The Labute approximate surface area is 923 Å². The van der Waals surface area contributed by atoms with E-state index in [1.54, 1.807) is 90.1 Å². The molecule has 0 saturated carbocycles. The zero-order valence-corrected chi connectivity index (χ0v) is 88.2. The Morgan fingerprint density at radius 3 is 1.11 bits per heavy atom. The Hall–Kier alpha value is -12.2. The van der Waals surface area contributed by atoms with Gasteiger partial charge in [0.05, 0.1) is 51.1 Å². The zero-order chi connectivity index (χ0) is 98.5. The fourth-order valence-corrected chi connectivity index (χ4v) is 13.9. The van der Waals surface area contributed by atoms with Crippen LogP contribution < -0.4 is 0 Å². The summed E-state index contributed by atoms with van der Waals surface area (Å²) < 4.78 is 132. The third-order valence-electron chi connectivity index (χ3n) is 21.2. The van der Waals surface area contributed by atoms with Crippen molar-refractivity contribution in [1.29, 1.82) is 0 Å². The number of hydrogen-bond acceptors (Lipinski definition) is 16. The van der Waals surface area contributed by atoms with Gasteiger partial charge in [-0.2, -0.15) is 31.4 Å². The molecule has 0 aliphatic rings. The van der Waals surface area contributed by atoms with Crippen molar-refractivity contribution >= 4 is 60.9 Å². The quantitative estimate of drug-likeness (QED) is 0.0319. The van der Waals surface area contributed by atoms with E-state index >= 15 is 0 Å². The SMILES string of the molecule is CC(=O)C=C(C)O.CC(C)(c1cccc(-c2[c-]cc(F)cc2F)n1)c1cccc(-c2[c-]cc(F)cc2F)n1.CC(C)(c1cccc(-c2[c-]cccc2)n1)c1cccc(-c2[c-]cccc2)n1.Cc1c[c-]n(-c2cccc(C(C)(C)c3cccc(-n4cc(C(F)(F)F)cn4)n3)n2)n1.O=C(C=C(O)c1ccccc1)C(F)(F)F.[Dy].[Pt+2].[Pt+2].[Pt].[Tb].c1cnc2c(c1)ccc1cccnc12.c1cnc2c(c1)ccc1cccnc12. The summed E-state index contributed by atoms with van der Waals surface area (Å²) in [6, 6.07) is 97.9. The molecule has 739 valence electrons. The predicted octanol–water partition coefficient (Wildman–Crippen LogP) is 25.6. The number of hydrogen-bond donors (Lipinski definition) is 2. The van der Waals surface area contributed by atoms with E-state index in [0.717, 1.165) is 130 Å². The maximum absolute atomic E-state index is 14.2. The Kier molecular flexibility index (Phi) is 43.0. The van der Waals surface area contributed by atoms with Crippen LogP contribution in [-0.2, 0) is 95.2 Å². The molecule has 0 saturated heterocycles. The van der Waals surface area contributed by atoms with Gasteiger partial charge in [-0.3, -0.25) is 57.2 Å². The Morgan fingerprint density at radius 1 is 0.413 bits per heavy atom. The minimum atomic E-state index is -4.96. The van der Waals surface area contributed by atoms with Gasteiger partial charge >= 0.3 is 54.5 Å². The van der Waals surface area contributed by atoms with E-state index in [1.165, 1.54) is 44.2 Å². The number of aliphatic hydroxyl groups is 2. The normalized spacial score (nSPS) is 11.2. The maximum Gasteiger partial charge on any atom is 2.00 e. The number of nitrogens with zero attached hydrogens (tertiary/aromatic N) is 14. The number of aryl methyl sites for hydroxylation is 1. The number of halogens is 10. The number of aromatic nitrogens is 14. The van der Waals surface area contributed by atoms with Gasteiger partial charge in [0.2, 0.25) is 0 Å². The van der Waals surface area contributed by atoms with E-state index < -0.39 is 63.6 Å². The zero-order valence-electron chi connectivity index (χ0n) is 77.2. The largest absolute Gasteiger partial charge is 2.00 e. The van der Waals surface area contributed by atoms with Crippen LogP contribution in [0.25, 0.3) is 106 Å². The summed E-state index contributed by atoms with van der Waals surface area (Å²) in [6.45, 7) is 16.7. The predicted molar refractivity (Wildman–Crippen MR) is 511 cm³/mol. The minimum Gasteiger partial charge on any atom is -0.512 e. The Morgan fingerprint density at radius 2 is 0.776 bits per heavy atom. The number of fused-ring (bicyclic) bond motifs is 6. The van der Waals surface area contributed by atoms with Gasteiger partial charge in [-0.25, -0.2) is 9.67 Å². The van der Waals surface area contributed by atoms with Crippen LogP contribution in [0.4, 0.5) is 43.9 Å². The number of carbonyl (C=O) groups is 2. The summed E-state index contributed by atoms with van der Waals surface area (Å²) in [5.74, 6) is -4.88. The summed E-state index contributed by atoms with van der Waals surface area (Å²) in [5.41, 5.74) is 11.5. The third-order valence-corrected chi connectivity index (χ3v) is 21.2. The molecule has 0 fully saturated rings. The fraction of sp³-hybridized carbons (Fsp3) is 0.127. The van der Waals surface area contributed by atoms with Gasteiger partial charge in [-0.05, 0) is 151 Å². The van der Waals surface area contributed by atoms with Gasteiger partial charge in [0, 0.05) is 236 Å². The molecule has 12 heterocycles. The van der Waals surface area contributed by atoms with E-state index in [-0.39, 0.29) is 180 Å². The van der Waals surface area contributed by atoms with Crippen molar-refractivity contribution in [2.75, 3.05) is 0 Å². The first-order valence-corrected chi connectivity index (χ1v) is 42.7. The molecule has 143 heavy (non-hydrogen) atoms. The van der Waals surface area contributed by atoms with Crippen molar-refractivity contribution in [1.82, 2.24) is 69.4 Å².